The highest BCUT2D eigenvalue weighted by atomic mass is 35.5. The van der Waals surface area contributed by atoms with Crippen molar-refractivity contribution >= 4 is 28.9 Å². The third kappa shape index (κ3) is 4.74. The number of hydrogen-bond acceptors (Lipinski definition) is 4. The van der Waals surface area contributed by atoms with Crippen molar-refractivity contribution in [3.8, 4) is 5.75 Å². The number of benzene rings is 2. The first-order valence-electron chi connectivity index (χ1n) is 8.15. The van der Waals surface area contributed by atoms with Gasteiger partial charge in [0, 0.05) is 29.0 Å². The van der Waals surface area contributed by atoms with Crippen molar-refractivity contribution in [2.24, 2.45) is 0 Å². The number of rotatable bonds is 6. The number of methoxy groups -OCH3 is 1. The van der Waals surface area contributed by atoms with Gasteiger partial charge in [-0.3, -0.25) is 9.78 Å². The number of nitrogens with one attached hydrogen (secondary N) is 2. The molecule has 0 aliphatic heterocycles. The minimum Gasteiger partial charge on any atom is -0.495 e. The minimum absolute atomic E-state index is 0.204. The molecule has 3 rings (SSSR count). The average Bonchev–Trinajstić information content (AvgIpc) is 2.68. The summed E-state index contributed by atoms with van der Waals surface area (Å²) in [6.07, 6.45) is 1.51. The second-order valence-corrected chi connectivity index (χ2v) is 6.11. The summed E-state index contributed by atoms with van der Waals surface area (Å²) in [5, 5.41) is 6.29. The number of halogens is 2. The Morgan fingerprint density at radius 1 is 1.19 bits per heavy atom. The number of anilines is 2. The SMILES string of the molecule is COc1ccc(Cl)cc1NC(=O)c1cc(NCc2ccccc2F)ccn1. The van der Waals surface area contributed by atoms with E-state index in [0.29, 0.717) is 34.3 Å². The van der Waals surface area contributed by atoms with Crippen LogP contribution in [-0.2, 0) is 6.54 Å². The molecule has 5 nitrogen and oxygen atoms in total. The van der Waals surface area contributed by atoms with Gasteiger partial charge in [-0.2, -0.15) is 0 Å². The molecule has 0 bridgehead atoms. The molecule has 0 fully saturated rings. The quantitative estimate of drug-likeness (QED) is 0.643. The van der Waals surface area contributed by atoms with Crippen molar-refractivity contribution in [1.82, 2.24) is 4.98 Å². The number of aromatic nitrogens is 1. The minimum atomic E-state index is -0.412. The van der Waals surface area contributed by atoms with Crippen LogP contribution in [0.15, 0.2) is 60.8 Å². The van der Waals surface area contributed by atoms with Crippen LogP contribution in [0.25, 0.3) is 0 Å². The van der Waals surface area contributed by atoms with E-state index >= 15 is 0 Å². The second-order valence-electron chi connectivity index (χ2n) is 5.67. The van der Waals surface area contributed by atoms with Gasteiger partial charge in [-0.05, 0) is 36.4 Å². The van der Waals surface area contributed by atoms with E-state index in [9.17, 15) is 9.18 Å². The first kappa shape index (κ1) is 18.7. The molecule has 0 radical (unpaired) electrons. The van der Waals surface area contributed by atoms with Gasteiger partial charge < -0.3 is 15.4 Å². The molecule has 2 aromatic carbocycles. The maximum atomic E-state index is 13.7. The number of amides is 1. The lowest BCUT2D eigenvalue weighted by atomic mass is 10.2. The van der Waals surface area contributed by atoms with E-state index in [1.165, 1.54) is 19.4 Å². The van der Waals surface area contributed by atoms with Crippen LogP contribution < -0.4 is 15.4 Å². The number of carbonyl (C=O) groups excluding carboxylic acids is 1. The third-order valence-corrected chi connectivity index (χ3v) is 4.08. The van der Waals surface area contributed by atoms with Gasteiger partial charge in [0.1, 0.15) is 17.3 Å². The molecule has 0 spiro atoms. The highest BCUT2D eigenvalue weighted by Gasteiger charge is 2.12. The van der Waals surface area contributed by atoms with Crippen molar-refractivity contribution in [1.29, 1.82) is 0 Å². The maximum Gasteiger partial charge on any atom is 0.274 e. The van der Waals surface area contributed by atoms with Crippen LogP contribution >= 0.6 is 11.6 Å². The predicted molar refractivity (Wildman–Crippen MR) is 104 cm³/mol. The zero-order valence-corrected chi connectivity index (χ0v) is 15.3. The lowest BCUT2D eigenvalue weighted by Crippen LogP contribution is -2.14. The van der Waals surface area contributed by atoms with Crippen molar-refractivity contribution < 1.29 is 13.9 Å². The first-order chi connectivity index (χ1) is 13.1. The first-order valence-corrected chi connectivity index (χ1v) is 8.53. The fourth-order valence-corrected chi connectivity index (χ4v) is 2.64. The summed E-state index contributed by atoms with van der Waals surface area (Å²) in [7, 11) is 1.50. The Kier molecular flexibility index (Phi) is 5.88. The van der Waals surface area contributed by atoms with Crippen LogP contribution in [0.5, 0.6) is 5.75 Å². The van der Waals surface area contributed by atoms with Crippen LogP contribution in [0.2, 0.25) is 5.02 Å². The van der Waals surface area contributed by atoms with Crippen molar-refractivity contribution in [3.05, 3.63) is 82.9 Å². The molecule has 0 aliphatic carbocycles. The van der Waals surface area contributed by atoms with Crippen molar-refractivity contribution in [2.75, 3.05) is 17.7 Å². The summed E-state index contributed by atoms with van der Waals surface area (Å²) in [4.78, 5) is 16.6. The second kappa shape index (κ2) is 8.51. The standard InChI is InChI=1S/C20H17ClFN3O2/c1-27-19-7-6-14(21)10-17(19)25-20(26)18-11-15(8-9-23-18)24-12-13-4-2-3-5-16(13)22/h2-11H,12H2,1H3,(H,23,24)(H,25,26). The summed E-state index contributed by atoms with van der Waals surface area (Å²) in [6.45, 7) is 0.292. The Morgan fingerprint density at radius 2 is 2.00 bits per heavy atom. The zero-order chi connectivity index (χ0) is 19.2. The molecule has 27 heavy (non-hydrogen) atoms. The van der Waals surface area contributed by atoms with E-state index in [1.807, 2.05) is 0 Å². The fourth-order valence-electron chi connectivity index (χ4n) is 2.47. The smallest absolute Gasteiger partial charge is 0.274 e. The number of hydrogen-bond donors (Lipinski definition) is 2. The third-order valence-electron chi connectivity index (χ3n) is 3.84. The molecule has 0 aliphatic rings. The van der Waals surface area contributed by atoms with Crippen LogP contribution in [0.4, 0.5) is 15.8 Å². The highest BCUT2D eigenvalue weighted by molar-refractivity contribution is 6.31. The van der Waals surface area contributed by atoms with Gasteiger partial charge in [0.25, 0.3) is 5.91 Å². The molecule has 0 atom stereocenters. The summed E-state index contributed by atoms with van der Waals surface area (Å²) in [5.74, 6) is -0.211. The molecule has 2 N–H and O–H groups in total. The van der Waals surface area contributed by atoms with Gasteiger partial charge in [0.2, 0.25) is 0 Å². The highest BCUT2D eigenvalue weighted by Crippen LogP contribution is 2.28. The molecule has 0 saturated carbocycles. The lowest BCUT2D eigenvalue weighted by Gasteiger charge is -2.11. The molecule has 0 unspecified atom stereocenters. The maximum absolute atomic E-state index is 13.7. The van der Waals surface area contributed by atoms with Crippen LogP contribution in [0.3, 0.4) is 0 Å². The topological polar surface area (TPSA) is 63.2 Å². The van der Waals surface area contributed by atoms with Gasteiger partial charge in [-0.15, -0.1) is 0 Å². The molecular weight excluding hydrogens is 369 g/mol. The van der Waals surface area contributed by atoms with Gasteiger partial charge >= 0.3 is 0 Å². The van der Waals surface area contributed by atoms with E-state index in [4.69, 9.17) is 16.3 Å². The number of pyridine rings is 1. The predicted octanol–water partition coefficient (Wildman–Crippen LogP) is 4.75. The van der Waals surface area contributed by atoms with Crippen LogP contribution in [0.1, 0.15) is 16.1 Å². The van der Waals surface area contributed by atoms with Crippen LogP contribution in [-0.4, -0.2) is 18.0 Å². The van der Waals surface area contributed by atoms with Gasteiger partial charge in [-0.1, -0.05) is 29.8 Å². The number of nitrogens with zero attached hydrogens (tertiary/aromatic N) is 1. The zero-order valence-electron chi connectivity index (χ0n) is 14.5. The number of ether oxygens (including phenoxy) is 1. The van der Waals surface area contributed by atoms with Gasteiger partial charge in [-0.25, -0.2) is 4.39 Å². The molecular formula is C20H17ClFN3O2. The fraction of sp³-hybridized carbons (Fsp3) is 0.100. The normalized spacial score (nSPS) is 10.3. The Hall–Kier alpha value is -3.12. The molecule has 1 heterocycles. The molecule has 1 aromatic heterocycles. The Morgan fingerprint density at radius 3 is 2.78 bits per heavy atom. The van der Waals surface area contributed by atoms with Crippen molar-refractivity contribution in [3.63, 3.8) is 0 Å². The summed E-state index contributed by atoms with van der Waals surface area (Å²) < 4.78 is 18.9. The number of carbonyl (C=O) groups is 1. The van der Waals surface area contributed by atoms with Crippen LogP contribution in [0, 0.1) is 5.82 Å². The van der Waals surface area contributed by atoms with Crippen molar-refractivity contribution in [2.45, 2.75) is 6.54 Å². The van der Waals surface area contributed by atoms with E-state index in [-0.39, 0.29) is 11.5 Å². The molecule has 7 heteroatoms. The van der Waals surface area contributed by atoms with Gasteiger partial charge in [0.15, 0.2) is 0 Å². The average molecular weight is 386 g/mol. The molecule has 3 aromatic rings. The van der Waals surface area contributed by atoms with E-state index in [0.717, 1.165) is 0 Å². The summed E-state index contributed by atoms with van der Waals surface area (Å²) in [6, 6.07) is 14.7. The van der Waals surface area contributed by atoms with E-state index in [2.05, 4.69) is 15.6 Å². The Balaban J connectivity index is 1.72. The Labute approximate surface area is 161 Å². The largest absolute Gasteiger partial charge is 0.495 e. The molecule has 138 valence electrons. The van der Waals surface area contributed by atoms with E-state index in [1.54, 1.807) is 48.5 Å². The monoisotopic (exact) mass is 385 g/mol. The Bertz CT molecular complexity index is 965. The van der Waals surface area contributed by atoms with Gasteiger partial charge in [0.05, 0.1) is 12.8 Å². The van der Waals surface area contributed by atoms with E-state index < -0.39 is 5.91 Å². The summed E-state index contributed by atoms with van der Waals surface area (Å²) >= 11 is 5.98. The molecule has 0 saturated heterocycles. The molecule has 1 amide bonds. The lowest BCUT2D eigenvalue weighted by molar-refractivity contribution is 0.102. The summed E-state index contributed by atoms with van der Waals surface area (Å²) in [5.41, 5.74) is 1.83.